The van der Waals surface area contributed by atoms with Crippen molar-refractivity contribution >= 4 is 46.2 Å². The first-order valence-corrected chi connectivity index (χ1v) is 8.32. The normalized spacial score (nSPS) is 18.2. The van der Waals surface area contributed by atoms with Crippen molar-refractivity contribution < 1.29 is 4.79 Å². The number of thioether (sulfide) groups is 1. The molecule has 3 nitrogen and oxygen atoms in total. The van der Waals surface area contributed by atoms with Crippen molar-refractivity contribution in [1.29, 1.82) is 0 Å². The van der Waals surface area contributed by atoms with Crippen LogP contribution < -0.4 is 0 Å². The molecule has 23 heavy (non-hydrogen) atoms. The summed E-state index contributed by atoms with van der Waals surface area (Å²) < 4.78 is 0. The summed E-state index contributed by atoms with van der Waals surface area (Å²) >= 11 is 7.53. The Morgan fingerprint density at radius 3 is 2.57 bits per heavy atom. The van der Waals surface area contributed by atoms with Crippen molar-refractivity contribution in [2.45, 2.75) is 6.92 Å². The Bertz CT molecular complexity index is 829. The number of amides is 1. The van der Waals surface area contributed by atoms with E-state index in [-0.39, 0.29) is 5.91 Å². The van der Waals surface area contributed by atoms with Crippen molar-refractivity contribution in [3.8, 4) is 0 Å². The molecule has 0 aromatic heterocycles. The summed E-state index contributed by atoms with van der Waals surface area (Å²) in [6.45, 7) is 2.00. The van der Waals surface area contributed by atoms with Gasteiger partial charge in [-0.3, -0.25) is 9.69 Å². The number of rotatable bonds is 2. The molecule has 0 saturated carbocycles. The monoisotopic (exact) mass is 342 g/mol. The van der Waals surface area contributed by atoms with Crippen LogP contribution in [0.15, 0.2) is 58.4 Å². The third kappa shape index (κ3) is 3.33. The second-order valence-corrected chi connectivity index (χ2v) is 6.59. The zero-order valence-electron chi connectivity index (χ0n) is 12.8. The van der Waals surface area contributed by atoms with E-state index in [2.05, 4.69) is 4.99 Å². The van der Waals surface area contributed by atoms with Crippen molar-refractivity contribution in [3.05, 3.63) is 69.6 Å². The van der Waals surface area contributed by atoms with Crippen LogP contribution in [0.25, 0.3) is 6.08 Å². The summed E-state index contributed by atoms with van der Waals surface area (Å²) in [5.74, 6) is -0.0674. The minimum Gasteiger partial charge on any atom is -0.290 e. The molecule has 1 aliphatic rings. The van der Waals surface area contributed by atoms with Gasteiger partial charge in [-0.1, -0.05) is 48.0 Å². The first-order valence-electron chi connectivity index (χ1n) is 7.13. The lowest BCUT2D eigenvalue weighted by atomic mass is 10.2. The van der Waals surface area contributed by atoms with Crippen molar-refractivity contribution in [3.63, 3.8) is 0 Å². The Kier molecular flexibility index (Phi) is 4.55. The molecule has 2 aromatic carbocycles. The predicted octanol–water partition coefficient (Wildman–Crippen LogP) is 4.88. The molecule has 1 amide bonds. The molecule has 3 rings (SSSR count). The van der Waals surface area contributed by atoms with Crippen molar-refractivity contribution in [2.75, 3.05) is 7.05 Å². The van der Waals surface area contributed by atoms with Gasteiger partial charge in [0.05, 0.1) is 10.6 Å². The third-order valence-corrected chi connectivity index (χ3v) is 4.93. The van der Waals surface area contributed by atoms with E-state index >= 15 is 0 Å². The van der Waals surface area contributed by atoms with Gasteiger partial charge in [-0.2, -0.15) is 0 Å². The molecule has 116 valence electrons. The quantitative estimate of drug-likeness (QED) is 0.728. The van der Waals surface area contributed by atoms with E-state index < -0.39 is 0 Å². The number of hydrogen-bond donors (Lipinski definition) is 0. The van der Waals surface area contributed by atoms with E-state index in [1.54, 1.807) is 11.9 Å². The summed E-state index contributed by atoms with van der Waals surface area (Å²) in [6, 6.07) is 15.3. The molecule has 0 aliphatic carbocycles. The Morgan fingerprint density at radius 2 is 1.83 bits per heavy atom. The van der Waals surface area contributed by atoms with Crippen molar-refractivity contribution in [1.82, 2.24) is 4.90 Å². The number of hydrogen-bond acceptors (Lipinski definition) is 3. The molecule has 0 radical (unpaired) electrons. The highest BCUT2D eigenvalue weighted by Gasteiger charge is 2.30. The number of halogens is 1. The van der Waals surface area contributed by atoms with Gasteiger partial charge in [-0.15, -0.1) is 0 Å². The Labute approximate surface area is 144 Å². The van der Waals surface area contributed by atoms with Crippen LogP contribution in [0.4, 0.5) is 5.69 Å². The van der Waals surface area contributed by atoms with Gasteiger partial charge in [0.25, 0.3) is 5.91 Å². The van der Waals surface area contributed by atoms with Gasteiger partial charge >= 0.3 is 0 Å². The summed E-state index contributed by atoms with van der Waals surface area (Å²) in [6.07, 6.45) is 1.81. The molecule has 5 heteroatoms. The maximum atomic E-state index is 12.4. The molecule has 1 aliphatic heterocycles. The van der Waals surface area contributed by atoms with Crippen LogP contribution in [0.1, 0.15) is 11.1 Å². The summed E-state index contributed by atoms with van der Waals surface area (Å²) in [4.78, 5) is 19.2. The number of para-hydroxylation sites is 1. The molecule has 0 bridgehead atoms. The lowest BCUT2D eigenvalue weighted by molar-refractivity contribution is -0.121. The van der Waals surface area contributed by atoms with Crippen LogP contribution >= 0.6 is 23.4 Å². The van der Waals surface area contributed by atoms with E-state index in [1.165, 1.54) is 11.8 Å². The second kappa shape index (κ2) is 6.60. The number of nitrogens with zero attached hydrogens (tertiary/aromatic N) is 2. The molecule has 0 atom stereocenters. The highest BCUT2D eigenvalue weighted by molar-refractivity contribution is 8.18. The maximum Gasteiger partial charge on any atom is 0.266 e. The lowest BCUT2D eigenvalue weighted by Crippen LogP contribution is -2.23. The average molecular weight is 343 g/mol. The van der Waals surface area contributed by atoms with Gasteiger partial charge in [0.2, 0.25) is 0 Å². The Morgan fingerprint density at radius 1 is 1.13 bits per heavy atom. The van der Waals surface area contributed by atoms with E-state index in [0.29, 0.717) is 15.1 Å². The second-order valence-electron chi connectivity index (χ2n) is 5.18. The van der Waals surface area contributed by atoms with Crippen LogP contribution in [0.3, 0.4) is 0 Å². The molecule has 0 N–H and O–H groups in total. The van der Waals surface area contributed by atoms with Gasteiger partial charge in [0.15, 0.2) is 5.17 Å². The van der Waals surface area contributed by atoms with Crippen LogP contribution in [0.5, 0.6) is 0 Å². The number of aryl methyl sites for hydroxylation is 1. The van der Waals surface area contributed by atoms with Crippen LogP contribution in [0, 0.1) is 6.92 Å². The molecule has 1 saturated heterocycles. The highest BCUT2D eigenvalue weighted by atomic mass is 35.5. The molecule has 0 unspecified atom stereocenters. The van der Waals surface area contributed by atoms with E-state index in [4.69, 9.17) is 11.6 Å². The van der Waals surface area contributed by atoms with Crippen LogP contribution in [0.2, 0.25) is 5.02 Å². The van der Waals surface area contributed by atoms with Crippen molar-refractivity contribution in [2.24, 2.45) is 4.99 Å². The van der Waals surface area contributed by atoms with E-state index in [1.807, 2.05) is 61.5 Å². The first kappa shape index (κ1) is 15.8. The summed E-state index contributed by atoms with van der Waals surface area (Å²) in [5, 5.41) is 1.29. The molecular weight excluding hydrogens is 328 g/mol. The number of carbonyl (C=O) groups excluding carboxylic acids is 1. The predicted molar refractivity (Wildman–Crippen MR) is 98.1 cm³/mol. The number of carbonyl (C=O) groups is 1. The fourth-order valence-corrected chi connectivity index (χ4v) is 3.34. The SMILES string of the molecule is Cc1ccccc1N=C1S/C(=C/c2ccccc2Cl)C(=O)N1C. The topological polar surface area (TPSA) is 32.7 Å². The molecule has 2 aromatic rings. The highest BCUT2D eigenvalue weighted by Crippen LogP contribution is 2.34. The van der Waals surface area contributed by atoms with Gasteiger partial charge in [0, 0.05) is 12.1 Å². The number of aliphatic imine (C=N–C) groups is 1. The lowest BCUT2D eigenvalue weighted by Gasteiger charge is -2.08. The summed E-state index contributed by atoms with van der Waals surface area (Å²) in [7, 11) is 1.74. The zero-order chi connectivity index (χ0) is 16.4. The number of amidine groups is 1. The molecule has 1 heterocycles. The largest absolute Gasteiger partial charge is 0.290 e. The fourth-order valence-electron chi connectivity index (χ4n) is 2.18. The minimum atomic E-state index is -0.0674. The number of likely N-dealkylation sites (N-methyl/N-ethyl adjacent to an activating group) is 1. The van der Waals surface area contributed by atoms with E-state index in [0.717, 1.165) is 16.8 Å². The Hall–Kier alpha value is -2.04. The smallest absolute Gasteiger partial charge is 0.266 e. The summed E-state index contributed by atoms with van der Waals surface area (Å²) in [5.41, 5.74) is 2.77. The van der Waals surface area contributed by atoms with Gasteiger partial charge < -0.3 is 0 Å². The fraction of sp³-hybridized carbons (Fsp3) is 0.111. The van der Waals surface area contributed by atoms with Crippen LogP contribution in [-0.4, -0.2) is 23.0 Å². The maximum absolute atomic E-state index is 12.4. The standard InChI is InChI=1S/C18H15ClN2OS/c1-12-7-3-6-10-15(12)20-18-21(2)17(22)16(23-18)11-13-8-4-5-9-14(13)19/h3-11H,1-2H3/b16-11+,20-18?. The van der Waals surface area contributed by atoms with E-state index in [9.17, 15) is 4.79 Å². The Balaban J connectivity index is 1.95. The first-order chi connectivity index (χ1) is 11.1. The van der Waals surface area contributed by atoms with Gasteiger partial charge in [-0.25, -0.2) is 4.99 Å². The zero-order valence-corrected chi connectivity index (χ0v) is 14.4. The van der Waals surface area contributed by atoms with Gasteiger partial charge in [-0.05, 0) is 48.0 Å². The number of benzene rings is 2. The molecule has 1 fully saturated rings. The molecule has 0 spiro atoms. The third-order valence-electron chi connectivity index (χ3n) is 3.53. The average Bonchev–Trinajstić information content (AvgIpc) is 2.80. The molecular formula is C18H15ClN2OS. The minimum absolute atomic E-state index is 0.0674. The van der Waals surface area contributed by atoms with Crippen LogP contribution in [-0.2, 0) is 4.79 Å². The van der Waals surface area contributed by atoms with Gasteiger partial charge in [0.1, 0.15) is 0 Å².